The molecule has 0 heterocycles. The summed E-state index contributed by atoms with van der Waals surface area (Å²) < 4.78 is 83.7. The third-order valence-electron chi connectivity index (χ3n) is 4.60. The summed E-state index contributed by atoms with van der Waals surface area (Å²) in [4.78, 5) is 0. The summed E-state index contributed by atoms with van der Waals surface area (Å²) in [6.07, 6.45) is -4.48. The summed E-state index contributed by atoms with van der Waals surface area (Å²) in [7, 11) is 0. The Labute approximate surface area is 142 Å². The van der Waals surface area contributed by atoms with Gasteiger partial charge in [-0.2, -0.15) is 13.2 Å². The second-order valence-electron chi connectivity index (χ2n) is 6.33. The van der Waals surface area contributed by atoms with E-state index in [2.05, 4.69) is 6.58 Å². The Kier molecular flexibility index (Phi) is 6.54. The molecule has 1 aromatic rings. The molecule has 7 heteroatoms. The molecule has 0 bridgehead atoms. The maximum absolute atomic E-state index is 14.2. The van der Waals surface area contributed by atoms with E-state index in [4.69, 9.17) is 4.74 Å². The highest BCUT2D eigenvalue weighted by Gasteiger charge is 2.35. The molecule has 0 aromatic heterocycles. The number of rotatable bonds is 6. The highest BCUT2D eigenvalue weighted by atomic mass is 19.4. The molecule has 0 aliphatic heterocycles. The lowest BCUT2D eigenvalue weighted by molar-refractivity contribution is -0.140. The number of halogens is 6. The van der Waals surface area contributed by atoms with Crippen LogP contribution in [0.25, 0.3) is 0 Å². The van der Waals surface area contributed by atoms with E-state index in [0.29, 0.717) is 30.9 Å². The molecule has 140 valence electrons. The Morgan fingerprint density at radius 2 is 1.80 bits per heavy atom. The molecule has 1 fully saturated rings. The molecular weight excluding hydrogens is 346 g/mol. The fourth-order valence-corrected chi connectivity index (χ4v) is 3.06. The van der Waals surface area contributed by atoms with Gasteiger partial charge in [0.15, 0.2) is 6.17 Å². The molecule has 0 radical (unpaired) electrons. The summed E-state index contributed by atoms with van der Waals surface area (Å²) in [5, 5.41) is 0. The van der Waals surface area contributed by atoms with Gasteiger partial charge in [-0.15, -0.1) is 6.58 Å². The largest absolute Gasteiger partial charge is 0.419 e. The lowest BCUT2D eigenvalue weighted by atomic mass is 9.80. The first-order valence-electron chi connectivity index (χ1n) is 8.10. The third-order valence-corrected chi connectivity index (χ3v) is 4.60. The molecule has 1 aliphatic carbocycles. The van der Waals surface area contributed by atoms with Gasteiger partial charge in [-0.05, 0) is 55.2 Å². The zero-order valence-electron chi connectivity index (χ0n) is 13.5. The van der Waals surface area contributed by atoms with Crippen molar-refractivity contribution in [2.24, 2.45) is 11.8 Å². The van der Waals surface area contributed by atoms with Crippen LogP contribution in [0.15, 0.2) is 30.9 Å². The minimum atomic E-state index is -4.81. The van der Waals surface area contributed by atoms with E-state index in [0.717, 1.165) is 18.9 Å². The zero-order chi connectivity index (χ0) is 18.6. The molecule has 2 rings (SSSR count). The van der Waals surface area contributed by atoms with Crippen LogP contribution in [-0.2, 0) is 17.5 Å². The Balaban J connectivity index is 1.88. The molecule has 0 amide bonds. The van der Waals surface area contributed by atoms with E-state index >= 15 is 0 Å². The van der Waals surface area contributed by atoms with Crippen molar-refractivity contribution >= 4 is 0 Å². The minimum Gasteiger partial charge on any atom is -0.341 e. The summed E-state index contributed by atoms with van der Waals surface area (Å²) in [5.41, 5.74) is -1.40. The standard InChI is InChI=1S/C18H20F6O/c1-2-11-3-6-13(7-4-11)16(20)17(21)25-10-12-5-8-14(15(19)9-12)18(22,23)24/h2,5,8-9,11,13,16-17H,1,3-4,6-7,10H2. The number of alkyl halides is 5. The van der Waals surface area contributed by atoms with Gasteiger partial charge in [0.1, 0.15) is 5.82 Å². The van der Waals surface area contributed by atoms with Crippen molar-refractivity contribution < 1.29 is 31.1 Å². The summed E-state index contributed by atoms with van der Waals surface area (Å²) in [6.45, 7) is 3.19. The molecule has 25 heavy (non-hydrogen) atoms. The third kappa shape index (κ3) is 5.23. The number of allylic oxidation sites excluding steroid dienone is 1. The Morgan fingerprint density at radius 1 is 1.16 bits per heavy atom. The molecule has 1 saturated carbocycles. The maximum Gasteiger partial charge on any atom is 0.419 e. The summed E-state index contributed by atoms with van der Waals surface area (Å²) >= 11 is 0. The van der Waals surface area contributed by atoms with Crippen LogP contribution in [0.5, 0.6) is 0 Å². The fraction of sp³-hybridized carbons (Fsp3) is 0.556. The van der Waals surface area contributed by atoms with Crippen LogP contribution in [0, 0.1) is 17.7 Å². The first kappa shape index (κ1) is 19.8. The van der Waals surface area contributed by atoms with Gasteiger partial charge in [0.2, 0.25) is 6.36 Å². The predicted octanol–water partition coefficient (Wildman–Crippen LogP) is 5.99. The monoisotopic (exact) mass is 366 g/mol. The zero-order valence-corrected chi connectivity index (χ0v) is 13.5. The van der Waals surface area contributed by atoms with Gasteiger partial charge in [0, 0.05) is 0 Å². The van der Waals surface area contributed by atoms with Gasteiger partial charge in [-0.25, -0.2) is 13.2 Å². The van der Waals surface area contributed by atoms with Gasteiger partial charge >= 0.3 is 6.18 Å². The molecule has 1 aliphatic rings. The second kappa shape index (κ2) is 8.25. The van der Waals surface area contributed by atoms with E-state index < -0.39 is 42.6 Å². The maximum atomic E-state index is 14.2. The first-order chi connectivity index (χ1) is 11.7. The van der Waals surface area contributed by atoms with Crippen molar-refractivity contribution in [1.29, 1.82) is 0 Å². The molecule has 2 unspecified atom stereocenters. The van der Waals surface area contributed by atoms with Crippen LogP contribution < -0.4 is 0 Å². The summed E-state index contributed by atoms with van der Waals surface area (Å²) in [6, 6.07) is 2.17. The van der Waals surface area contributed by atoms with Crippen LogP contribution in [-0.4, -0.2) is 12.5 Å². The smallest absolute Gasteiger partial charge is 0.341 e. The predicted molar refractivity (Wildman–Crippen MR) is 81.6 cm³/mol. The lowest BCUT2D eigenvalue weighted by Gasteiger charge is -2.30. The van der Waals surface area contributed by atoms with Crippen molar-refractivity contribution in [3.63, 3.8) is 0 Å². The minimum absolute atomic E-state index is 0.00992. The molecule has 1 nitrogen and oxygen atoms in total. The normalized spacial score (nSPS) is 23.9. The molecule has 2 atom stereocenters. The first-order valence-corrected chi connectivity index (χ1v) is 8.10. The van der Waals surface area contributed by atoms with E-state index in [1.165, 1.54) is 0 Å². The van der Waals surface area contributed by atoms with E-state index in [9.17, 15) is 26.3 Å². The molecular formula is C18H20F6O. The van der Waals surface area contributed by atoms with E-state index in [1.807, 2.05) is 6.08 Å². The fourth-order valence-electron chi connectivity index (χ4n) is 3.06. The molecule has 0 N–H and O–H groups in total. The summed E-state index contributed by atoms with van der Waals surface area (Å²) in [5.74, 6) is -1.61. The van der Waals surface area contributed by atoms with Crippen molar-refractivity contribution in [3.05, 3.63) is 47.8 Å². The SMILES string of the molecule is C=CC1CCC(C(F)C(F)OCc2ccc(C(F)(F)F)c(F)c2)CC1. The van der Waals surface area contributed by atoms with Crippen LogP contribution in [0.4, 0.5) is 26.3 Å². The highest BCUT2D eigenvalue weighted by Crippen LogP contribution is 2.35. The number of hydrogen-bond acceptors (Lipinski definition) is 1. The molecule has 0 spiro atoms. The Hall–Kier alpha value is -1.50. The van der Waals surface area contributed by atoms with Gasteiger partial charge in [0.05, 0.1) is 12.2 Å². The topological polar surface area (TPSA) is 9.23 Å². The van der Waals surface area contributed by atoms with Gasteiger partial charge < -0.3 is 4.74 Å². The highest BCUT2D eigenvalue weighted by molar-refractivity contribution is 5.26. The number of ether oxygens (including phenoxy) is 1. The van der Waals surface area contributed by atoms with Crippen LogP contribution in [0.1, 0.15) is 36.8 Å². The average Bonchev–Trinajstić information content (AvgIpc) is 2.58. The number of benzene rings is 1. The van der Waals surface area contributed by atoms with Crippen LogP contribution in [0.3, 0.4) is 0 Å². The Bertz CT molecular complexity index is 577. The quantitative estimate of drug-likeness (QED) is 0.444. The van der Waals surface area contributed by atoms with Gasteiger partial charge in [0.25, 0.3) is 0 Å². The van der Waals surface area contributed by atoms with Crippen LogP contribution in [0.2, 0.25) is 0 Å². The van der Waals surface area contributed by atoms with Gasteiger partial charge in [-0.1, -0.05) is 12.1 Å². The Morgan fingerprint density at radius 3 is 2.32 bits per heavy atom. The molecule has 0 saturated heterocycles. The molecule has 1 aromatic carbocycles. The van der Waals surface area contributed by atoms with Crippen molar-refractivity contribution in [1.82, 2.24) is 0 Å². The number of hydrogen-bond donors (Lipinski definition) is 0. The van der Waals surface area contributed by atoms with Crippen LogP contribution >= 0.6 is 0 Å². The van der Waals surface area contributed by atoms with Crippen molar-refractivity contribution in [3.8, 4) is 0 Å². The average molecular weight is 366 g/mol. The van der Waals surface area contributed by atoms with E-state index in [1.54, 1.807) is 0 Å². The van der Waals surface area contributed by atoms with Crippen molar-refractivity contribution in [2.45, 2.75) is 51.0 Å². The van der Waals surface area contributed by atoms with Gasteiger partial charge in [-0.3, -0.25) is 0 Å². The van der Waals surface area contributed by atoms with E-state index in [-0.39, 0.29) is 5.56 Å². The lowest BCUT2D eigenvalue weighted by Crippen LogP contribution is -2.31. The second-order valence-corrected chi connectivity index (χ2v) is 6.33. The van der Waals surface area contributed by atoms with Crippen molar-refractivity contribution in [2.75, 3.05) is 0 Å².